The molecule has 162 valence electrons. The van der Waals surface area contributed by atoms with Gasteiger partial charge in [0.15, 0.2) is 0 Å². The fraction of sp³-hybridized carbons (Fsp3) is 0.350. The Morgan fingerprint density at radius 1 is 1.07 bits per heavy atom. The van der Waals surface area contributed by atoms with Gasteiger partial charge < -0.3 is 4.90 Å². The van der Waals surface area contributed by atoms with E-state index in [9.17, 15) is 17.6 Å². The molecule has 0 aromatic heterocycles. The molecule has 10 heteroatoms. The molecule has 1 fully saturated rings. The molecule has 1 saturated heterocycles. The van der Waals surface area contributed by atoms with Crippen LogP contribution in [-0.2, 0) is 16.6 Å². The molecule has 6 nitrogen and oxygen atoms in total. The molecule has 0 unspecified atom stereocenters. The summed E-state index contributed by atoms with van der Waals surface area (Å²) in [7, 11) is -0.838. The number of carbonyl (C=O) groups excluding carboxylic acids is 1. The molecule has 0 aliphatic carbocycles. The van der Waals surface area contributed by atoms with E-state index in [2.05, 4.69) is 0 Å². The zero-order valence-corrected chi connectivity index (χ0v) is 18.9. The summed E-state index contributed by atoms with van der Waals surface area (Å²) in [5.41, 5.74) is 0.578. The summed E-state index contributed by atoms with van der Waals surface area (Å²) in [6.45, 7) is 2.23. The molecule has 1 heterocycles. The van der Waals surface area contributed by atoms with Crippen molar-refractivity contribution in [1.82, 2.24) is 14.1 Å². The summed E-state index contributed by atoms with van der Waals surface area (Å²) in [5, 5.41) is 0.567. The minimum Gasteiger partial charge on any atom is -0.336 e. The standard InChI is InChI=1S/C20H22Cl2FN3O3S/c1-24(2)30(28,29)14-6-7-18(22)15(12-14)20(27)26-10-8-25(9-11-26)13-16-17(21)4-3-5-19(16)23/h3-7,12H,8-11,13H2,1-2H3. The van der Waals surface area contributed by atoms with Crippen LogP contribution in [-0.4, -0.2) is 68.7 Å². The van der Waals surface area contributed by atoms with E-state index in [0.29, 0.717) is 43.3 Å². The van der Waals surface area contributed by atoms with Crippen LogP contribution >= 0.6 is 23.2 Å². The average molecular weight is 474 g/mol. The molecular formula is C20H22Cl2FN3O3S. The molecule has 3 rings (SSSR count). The second kappa shape index (κ2) is 9.20. The third kappa shape index (κ3) is 4.78. The molecule has 1 aliphatic rings. The highest BCUT2D eigenvalue weighted by molar-refractivity contribution is 7.89. The topological polar surface area (TPSA) is 60.9 Å². The number of carbonyl (C=O) groups is 1. The number of piperazine rings is 1. The van der Waals surface area contributed by atoms with Crippen LogP contribution < -0.4 is 0 Å². The second-order valence-electron chi connectivity index (χ2n) is 7.20. The molecule has 1 amide bonds. The van der Waals surface area contributed by atoms with Gasteiger partial charge in [-0.1, -0.05) is 29.3 Å². The highest BCUT2D eigenvalue weighted by Gasteiger charge is 2.26. The molecule has 0 bridgehead atoms. The lowest BCUT2D eigenvalue weighted by atomic mass is 10.1. The van der Waals surface area contributed by atoms with Crippen molar-refractivity contribution >= 4 is 39.1 Å². The third-order valence-electron chi connectivity index (χ3n) is 5.05. The number of halogens is 3. The first-order valence-corrected chi connectivity index (χ1v) is 11.5. The van der Waals surface area contributed by atoms with Crippen molar-refractivity contribution in [2.24, 2.45) is 0 Å². The van der Waals surface area contributed by atoms with Crippen LogP contribution in [0.3, 0.4) is 0 Å². The Bertz CT molecular complexity index is 1040. The fourth-order valence-corrected chi connectivity index (χ4v) is 4.58. The van der Waals surface area contributed by atoms with E-state index in [4.69, 9.17) is 23.2 Å². The molecule has 1 aliphatic heterocycles. The van der Waals surface area contributed by atoms with Gasteiger partial charge in [0.2, 0.25) is 10.0 Å². The van der Waals surface area contributed by atoms with E-state index in [1.165, 1.54) is 38.4 Å². The summed E-state index contributed by atoms with van der Waals surface area (Å²) >= 11 is 12.3. The van der Waals surface area contributed by atoms with E-state index in [-0.39, 0.29) is 27.2 Å². The Hall–Kier alpha value is -1.71. The Morgan fingerprint density at radius 2 is 1.73 bits per heavy atom. The third-order valence-corrected chi connectivity index (χ3v) is 7.54. The summed E-state index contributed by atoms with van der Waals surface area (Å²) in [6.07, 6.45) is 0. The van der Waals surface area contributed by atoms with Crippen molar-refractivity contribution in [2.45, 2.75) is 11.4 Å². The van der Waals surface area contributed by atoms with Crippen LogP contribution in [0.25, 0.3) is 0 Å². The minimum atomic E-state index is -3.68. The van der Waals surface area contributed by atoms with Gasteiger partial charge in [-0.15, -0.1) is 0 Å². The maximum Gasteiger partial charge on any atom is 0.255 e. The van der Waals surface area contributed by atoms with Crippen LogP contribution in [0, 0.1) is 5.82 Å². The predicted octanol–water partition coefficient (Wildman–Crippen LogP) is 3.34. The Labute approximate surface area is 185 Å². The van der Waals surface area contributed by atoms with Crippen molar-refractivity contribution in [3.05, 3.63) is 63.4 Å². The van der Waals surface area contributed by atoms with Gasteiger partial charge in [-0.2, -0.15) is 0 Å². The van der Waals surface area contributed by atoms with Gasteiger partial charge in [-0.25, -0.2) is 17.1 Å². The first-order valence-electron chi connectivity index (χ1n) is 9.28. The number of amides is 1. The lowest BCUT2D eigenvalue weighted by Crippen LogP contribution is -2.48. The quantitative estimate of drug-likeness (QED) is 0.667. The lowest BCUT2D eigenvalue weighted by molar-refractivity contribution is 0.0627. The largest absolute Gasteiger partial charge is 0.336 e. The van der Waals surface area contributed by atoms with Gasteiger partial charge >= 0.3 is 0 Å². The van der Waals surface area contributed by atoms with Crippen LogP contribution in [0.4, 0.5) is 4.39 Å². The minimum absolute atomic E-state index is 0.00748. The Morgan fingerprint density at radius 3 is 2.33 bits per heavy atom. The van der Waals surface area contributed by atoms with Crippen LogP contribution in [0.15, 0.2) is 41.3 Å². The van der Waals surface area contributed by atoms with Gasteiger partial charge in [0.1, 0.15) is 5.82 Å². The van der Waals surface area contributed by atoms with E-state index < -0.39 is 10.0 Å². The molecule has 2 aromatic carbocycles. The number of benzene rings is 2. The zero-order valence-electron chi connectivity index (χ0n) is 16.6. The Kier molecular flexibility index (Phi) is 7.04. The van der Waals surface area contributed by atoms with Gasteiger partial charge in [0.25, 0.3) is 5.91 Å². The second-order valence-corrected chi connectivity index (χ2v) is 10.2. The van der Waals surface area contributed by atoms with Gasteiger partial charge in [-0.3, -0.25) is 9.69 Å². The van der Waals surface area contributed by atoms with Crippen LogP contribution in [0.5, 0.6) is 0 Å². The maximum absolute atomic E-state index is 14.0. The monoisotopic (exact) mass is 473 g/mol. The molecule has 0 N–H and O–H groups in total. The fourth-order valence-electron chi connectivity index (χ4n) is 3.23. The summed E-state index contributed by atoms with van der Waals surface area (Å²) < 4.78 is 39.9. The summed E-state index contributed by atoms with van der Waals surface area (Å²) in [4.78, 5) is 16.6. The lowest BCUT2D eigenvalue weighted by Gasteiger charge is -2.35. The van der Waals surface area contributed by atoms with E-state index in [1.807, 2.05) is 4.90 Å². The molecule has 30 heavy (non-hydrogen) atoms. The average Bonchev–Trinajstić information content (AvgIpc) is 2.71. The SMILES string of the molecule is CN(C)S(=O)(=O)c1ccc(Cl)c(C(=O)N2CCN(Cc3c(F)cccc3Cl)CC2)c1. The van der Waals surface area contributed by atoms with Crippen molar-refractivity contribution in [3.63, 3.8) is 0 Å². The maximum atomic E-state index is 14.0. The van der Waals surface area contributed by atoms with Crippen molar-refractivity contribution in [2.75, 3.05) is 40.3 Å². The molecular weight excluding hydrogens is 452 g/mol. The molecule has 0 spiro atoms. The van der Waals surface area contributed by atoms with E-state index in [1.54, 1.807) is 17.0 Å². The summed E-state index contributed by atoms with van der Waals surface area (Å²) in [6, 6.07) is 8.69. The Balaban J connectivity index is 1.71. The molecule has 0 radical (unpaired) electrons. The zero-order chi connectivity index (χ0) is 22.1. The van der Waals surface area contributed by atoms with Crippen molar-refractivity contribution < 1.29 is 17.6 Å². The smallest absolute Gasteiger partial charge is 0.255 e. The van der Waals surface area contributed by atoms with Gasteiger partial charge in [0, 0.05) is 57.4 Å². The first-order chi connectivity index (χ1) is 14.1. The van der Waals surface area contributed by atoms with Crippen LogP contribution in [0.1, 0.15) is 15.9 Å². The highest BCUT2D eigenvalue weighted by atomic mass is 35.5. The van der Waals surface area contributed by atoms with Crippen molar-refractivity contribution in [1.29, 1.82) is 0 Å². The normalized spacial score (nSPS) is 15.6. The van der Waals surface area contributed by atoms with Crippen molar-refractivity contribution in [3.8, 4) is 0 Å². The number of nitrogens with zero attached hydrogens (tertiary/aromatic N) is 3. The molecule has 0 atom stereocenters. The summed E-state index contributed by atoms with van der Waals surface area (Å²) in [5.74, 6) is -0.689. The number of hydrogen-bond acceptors (Lipinski definition) is 4. The van der Waals surface area contributed by atoms with E-state index in [0.717, 1.165) is 4.31 Å². The van der Waals surface area contributed by atoms with Gasteiger partial charge in [-0.05, 0) is 30.3 Å². The van der Waals surface area contributed by atoms with Gasteiger partial charge in [0.05, 0.1) is 15.5 Å². The highest BCUT2D eigenvalue weighted by Crippen LogP contribution is 2.25. The molecule has 0 saturated carbocycles. The van der Waals surface area contributed by atoms with E-state index >= 15 is 0 Å². The van der Waals surface area contributed by atoms with Crippen LogP contribution in [0.2, 0.25) is 10.0 Å². The number of rotatable bonds is 5. The number of hydrogen-bond donors (Lipinski definition) is 0. The number of sulfonamides is 1. The predicted molar refractivity (Wildman–Crippen MR) is 115 cm³/mol. The molecule has 2 aromatic rings. The first kappa shape index (κ1) is 23.0.